The van der Waals surface area contributed by atoms with Gasteiger partial charge in [0.1, 0.15) is 5.75 Å². The van der Waals surface area contributed by atoms with Crippen molar-refractivity contribution >= 4 is 28.2 Å². The highest BCUT2D eigenvalue weighted by Crippen LogP contribution is 2.21. The van der Waals surface area contributed by atoms with Crippen LogP contribution in [0.5, 0.6) is 5.75 Å². The number of nitrogens with zero attached hydrogens (tertiary/aromatic N) is 1. The normalized spacial score (nSPS) is 19.7. The molecule has 0 spiro atoms. The molecule has 4 rings (SSSR count). The van der Waals surface area contributed by atoms with E-state index in [4.69, 9.17) is 21.7 Å². The molecule has 1 unspecified atom stereocenters. The second kappa shape index (κ2) is 9.79. The van der Waals surface area contributed by atoms with Crippen molar-refractivity contribution in [3.63, 3.8) is 0 Å². The molecule has 2 aromatic rings. The van der Waals surface area contributed by atoms with Gasteiger partial charge in [-0.3, -0.25) is 4.79 Å². The number of benzene rings is 1. The molecule has 2 fully saturated rings. The first-order valence-corrected chi connectivity index (χ1v) is 11.4. The van der Waals surface area contributed by atoms with Crippen molar-refractivity contribution in [2.75, 3.05) is 20.3 Å². The van der Waals surface area contributed by atoms with Gasteiger partial charge in [-0.25, -0.2) is 0 Å². The minimum Gasteiger partial charge on any atom is -0.497 e. The maximum absolute atomic E-state index is 12.8. The Labute approximate surface area is 182 Å². The molecule has 2 aliphatic rings. The lowest BCUT2D eigenvalue weighted by atomic mass is 9.96. The minimum atomic E-state index is -0.0893. The summed E-state index contributed by atoms with van der Waals surface area (Å²) < 4.78 is 11.1. The molecule has 1 aliphatic heterocycles. The van der Waals surface area contributed by atoms with Crippen LogP contribution in [0.15, 0.2) is 29.1 Å². The van der Waals surface area contributed by atoms with E-state index in [1.165, 1.54) is 19.3 Å². The van der Waals surface area contributed by atoms with Crippen LogP contribution in [0.3, 0.4) is 0 Å². The van der Waals surface area contributed by atoms with E-state index in [-0.39, 0.29) is 11.7 Å². The van der Waals surface area contributed by atoms with Gasteiger partial charge in [0.25, 0.3) is 5.56 Å². The lowest BCUT2D eigenvalue weighted by molar-refractivity contribution is 0.0894. The van der Waals surface area contributed by atoms with Crippen molar-refractivity contribution < 1.29 is 9.47 Å². The van der Waals surface area contributed by atoms with Crippen LogP contribution in [0.1, 0.15) is 50.5 Å². The van der Waals surface area contributed by atoms with Crippen LogP contribution < -0.4 is 15.6 Å². The van der Waals surface area contributed by atoms with Gasteiger partial charge in [-0.1, -0.05) is 19.3 Å². The number of H-pyrrole nitrogens is 1. The van der Waals surface area contributed by atoms with Crippen LogP contribution in [0, 0.1) is 0 Å². The molecule has 0 radical (unpaired) electrons. The zero-order chi connectivity index (χ0) is 20.9. The number of thiocarbonyl (C=S) groups is 1. The van der Waals surface area contributed by atoms with Crippen LogP contribution >= 0.6 is 12.2 Å². The number of methoxy groups -OCH3 is 1. The van der Waals surface area contributed by atoms with Gasteiger partial charge in [-0.2, -0.15) is 0 Å². The third-order valence-corrected chi connectivity index (χ3v) is 6.54. The molecule has 7 heteroatoms. The van der Waals surface area contributed by atoms with Crippen LogP contribution in [0.2, 0.25) is 0 Å². The molecule has 1 saturated carbocycles. The molecule has 30 heavy (non-hydrogen) atoms. The number of pyridine rings is 1. The third kappa shape index (κ3) is 5.13. The van der Waals surface area contributed by atoms with Gasteiger partial charge in [0.05, 0.1) is 25.3 Å². The molecular formula is C23H31N3O3S. The monoisotopic (exact) mass is 429 g/mol. The third-order valence-electron chi connectivity index (χ3n) is 6.16. The standard InChI is InChI=1S/C23H31N3O3S/c1-28-19-10-9-16-12-17(22(27)25-21(16)13-19)14-26(15-20-8-5-11-29-20)23(30)24-18-6-3-2-4-7-18/h9-10,12-13,18,20H,2-8,11,14-15H2,1H3,(H,24,30)(H,25,27). The molecule has 1 aromatic carbocycles. The number of aromatic amines is 1. The Morgan fingerprint density at radius 3 is 2.80 bits per heavy atom. The van der Waals surface area contributed by atoms with Crippen LogP contribution in [-0.2, 0) is 11.3 Å². The summed E-state index contributed by atoms with van der Waals surface area (Å²) in [6.07, 6.45) is 8.41. The summed E-state index contributed by atoms with van der Waals surface area (Å²) in [5.41, 5.74) is 1.39. The van der Waals surface area contributed by atoms with Crippen molar-refractivity contribution in [2.24, 2.45) is 0 Å². The lowest BCUT2D eigenvalue weighted by Gasteiger charge is -2.32. The van der Waals surface area contributed by atoms with Gasteiger partial charge in [0, 0.05) is 30.8 Å². The molecule has 6 nitrogen and oxygen atoms in total. The van der Waals surface area contributed by atoms with E-state index in [1.54, 1.807) is 7.11 Å². The Bertz CT molecular complexity index is 933. The summed E-state index contributed by atoms with van der Waals surface area (Å²) in [6.45, 7) is 1.98. The summed E-state index contributed by atoms with van der Waals surface area (Å²) in [5.74, 6) is 0.726. The van der Waals surface area contributed by atoms with Gasteiger partial charge in [-0.15, -0.1) is 0 Å². The SMILES string of the molecule is COc1ccc2cc(CN(CC3CCCO3)C(=S)NC3CCCCC3)c(=O)[nH]c2c1. The van der Waals surface area contributed by atoms with Crippen molar-refractivity contribution in [3.05, 3.63) is 40.2 Å². The quantitative estimate of drug-likeness (QED) is 0.682. The average Bonchev–Trinajstić information content (AvgIpc) is 3.27. The fraction of sp³-hybridized carbons (Fsp3) is 0.565. The Balaban J connectivity index is 1.54. The molecule has 1 aliphatic carbocycles. The molecule has 1 aromatic heterocycles. The fourth-order valence-corrected chi connectivity index (χ4v) is 4.75. The molecule has 0 amide bonds. The van der Waals surface area contributed by atoms with E-state index in [0.29, 0.717) is 24.7 Å². The number of ether oxygens (including phenoxy) is 2. The first kappa shape index (κ1) is 21.1. The predicted molar refractivity (Wildman–Crippen MR) is 123 cm³/mol. The van der Waals surface area contributed by atoms with E-state index in [9.17, 15) is 4.79 Å². The molecule has 2 N–H and O–H groups in total. The highest BCUT2D eigenvalue weighted by molar-refractivity contribution is 7.80. The summed E-state index contributed by atoms with van der Waals surface area (Å²) in [4.78, 5) is 17.9. The van der Waals surface area contributed by atoms with Crippen molar-refractivity contribution in [1.82, 2.24) is 15.2 Å². The zero-order valence-corrected chi connectivity index (χ0v) is 18.4. The average molecular weight is 430 g/mol. The van der Waals surface area contributed by atoms with Gasteiger partial charge in [0.2, 0.25) is 0 Å². The first-order valence-electron chi connectivity index (χ1n) is 11.0. The topological polar surface area (TPSA) is 66.6 Å². The maximum atomic E-state index is 12.8. The fourth-order valence-electron chi connectivity index (χ4n) is 4.44. The van der Waals surface area contributed by atoms with Crippen molar-refractivity contribution in [2.45, 2.75) is 63.6 Å². The number of nitrogens with one attached hydrogen (secondary N) is 2. The molecule has 2 heterocycles. The van der Waals surface area contributed by atoms with Gasteiger partial charge in [-0.05, 0) is 61.5 Å². The number of rotatable bonds is 6. The van der Waals surface area contributed by atoms with Crippen LogP contribution in [-0.4, -0.2) is 47.4 Å². The van der Waals surface area contributed by atoms with E-state index in [0.717, 1.165) is 54.1 Å². The van der Waals surface area contributed by atoms with E-state index in [2.05, 4.69) is 15.2 Å². The Morgan fingerprint density at radius 1 is 1.23 bits per heavy atom. The smallest absolute Gasteiger partial charge is 0.253 e. The molecule has 1 saturated heterocycles. The van der Waals surface area contributed by atoms with Crippen molar-refractivity contribution in [3.8, 4) is 5.75 Å². The van der Waals surface area contributed by atoms with Crippen LogP contribution in [0.25, 0.3) is 10.9 Å². The zero-order valence-electron chi connectivity index (χ0n) is 17.6. The molecule has 1 atom stereocenters. The summed E-state index contributed by atoms with van der Waals surface area (Å²) >= 11 is 5.79. The second-order valence-corrected chi connectivity index (χ2v) is 8.76. The van der Waals surface area contributed by atoms with Gasteiger partial charge in [0.15, 0.2) is 5.11 Å². The van der Waals surface area contributed by atoms with E-state index in [1.807, 2.05) is 24.3 Å². The van der Waals surface area contributed by atoms with E-state index < -0.39 is 0 Å². The number of hydrogen-bond donors (Lipinski definition) is 2. The number of fused-ring (bicyclic) bond motifs is 1. The highest BCUT2D eigenvalue weighted by Gasteiger charge is 2.24. The van der Waals surface area contributed by atoms with Gasteiger partial charge < -0.3 is 24.7 Å². The first-order chi connectivity index (χ1) is 14.6. The lowest BCUT2D eigenvalue weighted by Crippen LogP contribution is -2.47. The molecule has 162 valence electrons. The van der Waals surface area contributed by atoms with Crippen LogP contribution in [0.4, 0.5) is 0 Å². The molecule has 0 bridgehead atoms. The van der Waals surface area contributed by atoms with Crippen molar-refractivity contribution in [1.29, 1.82) is 0 Å². The van der Waals surface area contributed by atoms with E-state index >= 15 is 0 Å². The molecular weight excluding hydrogens is 398 g/mol. The number of aromatic nitrogens is 1. The highest BCUT2D eigenvalue weighted by atomic mass is 32.1. The minimum absolute atomic E-state index is 0.0893. The summed E-state index contributed by atoms with van der Waals surface area (Å²) in [5, 5.41) is 5.27. The summed E-state index contributed by atoms with van der Waals surface area (Å²) in [6, 6.07) is 8.11. The largest absolute Gasteiger partial charge is 0.497 e. The Morgan fingerprint density at radius 2 is 2.07 bits per heavy atom. The Hall–Kier alpha value is -2.12. The maximum Gasteiger partial charge on any atom is 0.253 e. The number of hydrogen-bond acceptors (Lipinski definition) is 4. The predicted octanol–water partition coefficient (Wildman–Crippen LogP) is 3.72. The summed E-state index contributed by atoms with van der Waals surface area (Å²) in [7, 11) is 1.62. The Kier molecular flexibility index (Phi) is 6.89. The van der Waals surface area contributed by atoms with Gasteiger partial charge >= 0.3 is 0 Å². The second-order valence-electron chi connectivity index (χ2n) is 8.38.